The highest BCUT2D eigenvalue weighted by molar-refractivity contribution is 5.77. The number of aliphatic hydroxyl groups is 1. The van der Waals surface area contributed by atoms with E-state index >= 15 is 0 Å². The number of hydrogen-bond acceptors (Lipinski definition) is 4. The minimum Gasteiger partial charge on any atom is -0.385 e. The smallest absolute Gasteiger partial charge is 0.225 e. The molecule has 0 spiro atoms. The third kappa shape index (κ3) is 2.83. The fourth-order valence-corrected chi connectivity index (χ4v) is 2.07. The van der Waals surface area contributed by atoms with E-state index in [1.165, 1.54) is 0 Å². The molecule has 2 heterocycles. The molecule has 1 amide bonds. The van der Waals surface area contributed by atoms with E-state index in [4.69, 9.17) is 0 Å². The molecule has 1 aliphatic rings. The van der Waals surface area contributed by atoms with E-state index in [9.17, 15) is 9.90 Å². The van der Waals surface area contributed by atoms with Gasteiger partial charge < -0.3 is 20.3 Å². The summed E-state index contributed by atoms with van der Waals surface area (Å²) in [4.78, 5) is 20.4. The van der Waals surface area contributed by atoms with Gasteiger partial charge in [0.15, 0.2) is 0 Å². The monoisotopic (exact) mass is 238 g/mol. The molecule has 1 fully saturated rings. The fourth-order valence-electron chi connectivity index (χ4n) is 2.07. The summed E-state index contributed by atoms with van der Waals surface area (Å²) in [5.74, 6) is 0.425. The van der Waals surface area contributed by atoms with Gasteiger partial charge in [-0.1, -0.05) is 0 Å². The van der Waals surface area contributed by atoms with Crippen LogP contribution < -0.4 is 5.32 Å². The van der Waals surface area contributed by atoms with Crippen molar-refractivity contribution < 1.29 is 9.90 Å². The standard InChI is InChI=1S/C11H18N4O2/c1-12-8-2-5-15(7-8)10(17)6-9(16)11-13-3-4-14-11/h3-4,8-9,12,16H,2,5-7H2,1H3,(H,13,14). The van der Waals surface area contributed by atoms with E-state index in [0.717, 1.165) is 19.5 Å². The van der Waals surface area contributed by atoms with Gasteiger partial charge in [-0.3, -0.25) is 4.79 Å². The molecular formula is C11H18N4O2. The Balaban J connectivity index is 1.85. The first-order valence-corrected chi connectivity index (χ1v) is 5.83. The Morgan fingerprint density at radius 3 is 3.24 bits per heavy atom. The molecule has 1 saturated heterocycles. The van der Waals surface area contributed by atoms with Crippen molar-refractivity contribution in [1.82, 2.24) is 20.2 Å². The number of imidazole rings is 1. The summed E-state index contributed by atoms with van der Waals surface area (Å²) in [6.45, 7) is 1.48. The topological polar surface area (TPSA) is 81.2 Å². The fraction of sp³-hybridized carbons (Fsp3) is 0.636. The molecule has 2 unspecified atom stereocenters. The second-order valence-corrected chi connectivity index (χ2v) is 4.31. The number of H-pyrrole nitrogens is 1. The zero-order valence-corrected chi connectivity index (χ0v) is 9.89. The lowest BCUT2D eigenvalue weighted by Crippen LogP contribution is -2.34. The molecule has 1 aromatic rings. The van der Waals surface area contributed by atoms with Gasteiger partial charge in [-0.2, -0.15) is 0 Å². The number of hydrogen-bond donors (Lipinski definition) is 3. The predicted molar refractivity (Wildman–Crippen MR) is 62.2 cm³/mol. The van der Waals surface area contributed by atoms with Crippen LogP contribution >= 0.6 is 0 Å². The van der Waals surface area contributed by atoms with Crippen molar-refractivity contribution >= 4 is 5.91 Å². The lowest BCUT2D eigenvalue weighted by Gasteiger charge is -2.17. The molecule has 0 radical (unpaired) electrons. The van der Waals surface area contributed by atoms with Crippen LogP contribution in [0.25, 0.3) is 0 Å². The number of likely N-dealkylation sites (tertiary alicyclic amines) is 1. The van der Waals surface area contributed by atoms with E-state index in [1.807, 2.05) is 7.05 Å². The summed E-state index contributed by atoms with van der Waals surface area (Å²) < 4.78 is 0. The SMILES string of the molecule is CNC1CCN(C(=O)CC(O)c2ncc[nH]2)C1. The Labute approximate surface area is 100 Å². The maximum absolute atomic E-state index is 11.9. The van der Waals surface area contributed by atoms with Crippen LogP contribution in [0.1, 0.15) is 24.8 Å². The third-order valence-corrected chi connectivity index (χ3v) is 3.15. The van der Waals surface area contributed by atoms with Crippen LogP contribution in [0, 0.1) is 0 Å². The number of aromatic nitrogens is 2. The molecule has 0 saturated carbocycles. The van der Waals surface area contributed by atoms with Gasteiger partial charge >= 0.3 is 0 Å². The van der Waals surface area contributed by atoms with Crippen molar-refractivity contribution in [1.29, 1.82) is 0 Å². The maximum atomic E-state index is 11.9. The van der Waals surface area contributed by atoms with E-state index in [1.54, 1.807) is 17.3 Å². The van der Waals surface area contributed by atoms with E-state index in [-0.39, 0.29) is 12.3 Å². The Morgan fingerprint density at radius 1 is 1.82 bits per heavy atom. The normalized spacial score (nSPS) is 21.8. The second-order valence-electron chi connectivity index (χ2n) is 4.31. The number of likely N-dealkylation sites (N-methyl/N-ethyl adjacent to an activating group) is 1. The predicted octanol–water partition coefficient (Wildman–Crippen LogP) is -0.347. The van der Waals surface area contributed by atoms with Crippen LogP contribution in [0.3, 0.4) is 0 Å². The Kier molecular flexibility index (Phi) is 3.75. The van der Waals surface area contributed by atoms with Crippen LogP contribution in [-0.2, 0) is 4.79 Å². The molecular weight excluding hydrogens is 220 g/mol. The molecule has 3 N–H and O–H groups in total. The van der Waals surface area contributed by atoms with E-state index in [0.29, 0.717) is 11.9 Å². The van der Waals surface area contributed by atoms with Crippen LogP contribution in [-0.4, -0.2) is 52.1 Å². The highest BCUT2D eigenvalue weighted by Gasteiger charge is 2.27. The molecule has 0 aromatic carbocycles. The number of amides is 1. The lowest BCUT2D eigenvalue weighted by molar-refractivity contribution is -0.132. The van der Waals surface area contributed by atoms with Gasteiger partial charge in [-0.25, -0.2) is 4.98 Å². The van der Waals surface area contributed by atoms with E-state index in [2.05, 4.69) is 15.3 Å². The van der Waals surface area contributed by atoms with Crippen LogP contribution in [0.4, 0.5) is 0 Å². The number of nitrogens with one attached hydrogen (secondary N) is 2. The van der Waals surface area contributed by atoms with Crippen molar-refractivity contribution in [2.75, 3.05) is 20.1 Å². The van der Waals surface area contributed by atoms with Gasteiger partial charge in [-0.15, -0.1) is 0 Å². The summed E-state index contributed by atoms with van der Waals surface area (Å²) in [6, 6.07) is 0.375. The van der Waals surface area contributed by atoms with Crippen molar-refractivity contribution in [2.45, 2.75) is 25.0 Å². The third-order valence-electron chi connectivity index (χ3n) is 3.15. The van der Waals surface area contributed by atoms with Gasteiger partial charge in [0, 0.05) is 31.5 Å². The number of rotatable bonds is 4. The van der Waals surface area contributed by atoms with E-state index < -0.39 is 6.10 Å². The molecule has 94 valence electrons. The molecule has 6 heteroatoms. The largest absolute Gasteiger partial charge is 0.385 e. The second kappa shape index (κ2) is 5.29. The van der Waals surface area contributed by atoms with Crippen molar-refractivity contribution in [3.63, 3.8) is 0 Å². The number of carbonyl (C=O) groups is 1. The van der Waals surface area contributed by atoms with Crippen LogP contribution in [0.5, 0.6) is 0 Å². The van der Waals surface area contributed by atoms with Gasteiger partial charge in [-0.05, 0) is 13.5 Å². The first kappa shape index (κ1) is 12.1. The molecule has 17 heavy (non-hydrogen) atoms. The van der Waals surface area contributed by atoms with Crippen molar-refractivity contribution in [3.05, 3.63) is 18.2 Å². The maximum Gasteiger partial charge on any atom is 0.225 e. The van der Waals surface area contributed by atoms with Gasteiger partial charge in [0.05, 0.1) is 6.42 Å². The molecule has 0 aliphatic carbocycles. The van der Waals surface area contributed by atoms with Crippen molar-refractivity contribution in [2.24, 2.45) is 0 Å². The number of aliphatic hydroxyl groups excluding tert-OH is 1. The van der Waals surface area contributed by atoms with Gasteiger partial charge in [0.1, 0.15) is 11.9 Å². The quantitative estimate of drug-likeness (QED) is 0.670. The Hall–Kier alpha value is -1.40. The zero-order valence-electron chi connectivity index (χ0n) is 9.89. The van der Waals surface area contributed by atoms with Gasteiger partial charge in [0.2, 0.25) is 5.91 Å². The molecule has 1 aromatic heterocycles. The summed E-state index contributed by atoms with van der Waals surface area (Å²) in [5, 5.41) is 13.0. The molecule has 2 atom stereocenters. The first-order valence-electron chi connectivity index (χ1n) is 5.83. The van der Waals surface area contributed by atoms with Gasteiger partial charge in [0.25, 0.3) is 0 Å². The highest BCUT2D eigenvalue weighted by atomic mass is 16.3. The van der Waals surface area contributed by atoms with Crippen LogP contribution in [0.2, 0.25) is 0 Å². The summed E-state index contributed by atoms with van der Waals surface area (Å²) in [6.07, 6.45) is 3.42. The average Bonchev–Trinajstić information content (AvgIpc) is 3.00. The average molecular weight is 238 g/mol. The minimum atomic E-state index is -0.842. The zero-order chi connectivity index (χ0) is 12.3. The minimum absolute atomic E-state index is 0.0216. The van der Waals surface area contributed by atoms with Crippen LogP contribution in [0.15, 0.2) is 12.4 Å². The first-order chi connectivity index (χ1) is 8.20. The molecule has 2 rings (SSSR count). The Morgan fingerprint density at radius 2 is 2.65 bits per heavy atom. The number of nitrogens with zero attached hydrogens (tertiary/aromatic N) is 2. The summed E-state index contributed by atoms with van der Waals surface area (Å²) >= 11 is 0. The molecule has 6 nitrogen and oxygen atoms in total. The summed E-state index contributed by atoms with van der Waals surface area (Å²) in [7, 11) is 1.90. The van der Waals surface area contributed by atoms with Crippen molar-refractivity contribution in [3.8, 4) is 0 Å². The highest BCUT2D eigenvalue weighted by Crippen LogP contribution is 2.16. The number of carbonyl (C=O) groups excluding carboxylic acids is 1. The molecule has 0 bridgehead atoms. The summed E-state index contributed by atoms with van der Waals surface area (Å²) in [5.41, 5.74) is 0. The lowest BCUT2D eigenvalue weighted by atomic mass is 10.2. The Bertz CT molecular complexity index is 366. The molecule has 1 aliphatic heterocycles. The number of aromatic amines is 1.